The lowest BCUT2D eigenvalue weighted by Crippen LogP contribution is -2.41. The maximum absolute atomic E-state index is 13.0. The lowest BCUT2D eigenvalue weighted by atomic mass is 9.98. The fourth-order valence-electron chi connectivity index (χ4n) is 3.54. The van der Waals surface area contributed by atoms with Gasteiger partial charge < -0.3 is 20.5 Å². The van der Waals surface area contributed by atoms with E-state index >= 15 is 0 Å². The van der Waals surface area contributed by atoms with E-state index in [0.717, 1.165) is 23.3 Å². The van der Waals surface area contributed by atoms with Crippen LogP contribution in [-0.4, -0.2) is 47.6 Å². The number of methoxy groups -OCH3 is 1. The normalized spacial score (nSPS) is 19.1. The SMILES string of the molecule is COc1cccc(CCc2ccccc2C(=O)N2C[C@@H](N)C[C@H]2C(=O)O)c1. The molecule has 3 N–H and O–H groups in total. The summed E-state index contributed by atoms with van der Waals surface area (Å²) in [5.41, 5.74) is 8.45. The molecule has 6 nitrogen and oxygen atoms in total. The van der Waals surface area contributed by atoms with Gasteiger partial charge in [0.1, 0.15) is 11.8 Å². The van der Waals surface area contributed by atoms with Gasteiger partial charge in [-0.1, -0.05) is 30.3 Å². The number of aryl methyl sites for hydroxylation is 2. The van der Waals surface area contributed by atoms with Gasteiger partial charge in [0.05, 0.1) is 7.11 Å². The van der Waals surface area contributed by atoms with Crippen LogP contribution in [0, 0.1) is 0 Å². The Hall–Kier alpha value is -2.86. The highest BCUT2D eigenvalue weighted by molar-refractivity contribution is 5.98. The predicted molar refractivity (Wildman–Crippen MR) is 102 cm³/mol. The molecule has 1 fully saturated rings. The fourth-order valence-corrected chi connectivity index (χ4v) is 3.54. The Morgan fingerprint density at radius 2 is 1.96 bits per heavy atom. The number of hydrogen-bond acceptors (Lipinski definition) is 4. The molecular weight excluding hydrogens is 344 g/mol. The number of carboxylic acids is 1. The first-order valence-corrected chi connectivity index (χ1v) is 8.99. The molecule has 0 spiro atoms. The molecule has 2 atom stereocenters. The van der Waals surface area contributed by atoms with E-state index in [1.54, 1.807) is 19.2 Å². The van der Waals surface area contributed by atoms with Crippen LogP contribution in [0.15, 0.2) is 48.5 Å². The van der Waals surface area contributed by atoms with Crippen molar-refractivity contribution in [3.8, 4) is 5.75 Å². The van der Waals surface area contributed by atoms with Gasteiger partial charge in [0.15, 0.2) is 0 Å². The first-order valence-electron chi connectivity index (χ1n) is 8.99. The Bertz CT molecular complexity index is 836. The molecule has 6 heteroatoms. The minimum atomic E-state index is -1.01. The van der Waals surface area contributed by atoms with Gasteiger partial charge in [-0.05, 0) is 48.6 Å². The fraction of sp³-hybridized carbons (Fsp3) is 0.333. The number of ether oxygens (including phenoxy) is 1. The van der Waals surface area contributed by atoms with Crippen molar-refractivity contribution < 1.29 is 19.4 Å². The maximum atomic E-state index is 13.0. The van der Waals surface area contributed by atoms with Crippen LogP contribution in [0.3, 0.4) is 0 Å². The van der Waals surface area contributed by atoms with E-state index in [1.807, 2.05) is 36.4 Å². The summed E-state index contributed by atoms with van der Waals surface area (Å²) in [7, 11) is 1.63. The van der Waals surface area contributed by atoms with Crippen molar-refractivity contribution in [2.45, 2.75) is 31.3 Å². The first-order chi connectivity index (χ1) is 13.0. The molecule has 1 amide bonds. The first kappa shape index (κ1) is 18.9. The number of hydrogen-bond donors (Lipinski definition) is 2. The average Bonchev–Trinajstić information content (AvgIpc) is 3.08. The summed E-state index contributed by atoms with van der Waals surface area (Å²) >= 11 is 0. The monoisotopic (exact) mass is 368 g/mol. The van der Waals surface area contributed by atoms with Crippen molar-refractivity contribution in [3.05, 3.63) is 65.2 Å². The van der Waals surface area contributed by atoms with Crippen molar-refractivity contribution in [3.63, 3.8) is 0 Å². The summed E-state index contributed by atoms with van der Waals surface area (Å²) in [6, 6.07) is 14.0. The van der Waals surface area contributed by atoms with Crippen LogP contribution in [0.1, 0.15) is 27.9 Å². The van der Waals surface area contributed by atoms with Gasteiger partial charge in [-0.15, -0.1) is 0 Å². The Balaban J connectivity index is 1.79. The molecule has 0 unspecified atom stereocenters. The summed E-state index contributed by atoms with van der Waals surface area (Å²) < 4.78 is 5.25. The largest absolute Gasteiger partial charge is 0.497 e. The van der Waals surface area contributed by atoms with Gasteiger partial charge in [-0.3, -0.25) is 4.79 Å². The van der Waals surface area contributed by atoms with E-state index < -0.39 is 12.0 Å². The number of benzene rings is 2. The topological polar surface area (TPSA) is 92.9 Å². The van der Waals surface area contributed by atoms with Crippen LogP contribution in [0.5, 0.6) is 5.75 Å². The van der Waals surface area contributed by atoms with E-state index in [-0.39, 0.29) is 24.9 Å². The number of carbonyl (C=O) groups excluding carboxylic acids is 1. The van der Waals surface area contributed by atoms with Crippen molar-refractivity contribution in [2.24, 2.45) is 5.73 Å². The summed E-state index contributed by atoms with van der Waals surface area (Å²) in [6.07, 6.45) is 1.71. The van der Waals surface area contributed by atoms with Crippen LogP contribution in [0.2, 0.25) is 0 Å². The molecule has 0 bridgehead atoms. The number of amides is 1. The Kier molecular flexibility index (Phi) is 5.76. The van der Waals surface area contributed by atoms with E-state index in [4.69, 9.17) is 10.5 Å². The highest BCUT2D eigenvalue weighted by Crippen LogP contribution is 2.23. The molecule has 0 aromatic heterocycles. The van der Waals surface area contributed by atoms with Crippen molar-refractivity contribution in [1.29, 1.82) is 0 Å². The number of carbonyl (C=O) groups is 2. The van der Waals surface area contributed by atoms with Gasteiger partial charge in [-0.25, -0.2) is 4.79 Å². The average molecular weight is 368 g/mol. The van der Waals surface area contributed by atoms with Crippen LogP contribution in [0.25, 0.3) is 0 Å². The molecule has 1 aliphatic heterocycles. The van der Waals surface area contributed by atoms with Gasteiger partial charge >= 0.3 is 5.97 Å². The second-order valence-corrected chi connectivity index (χ2v) is 6.82. The third-order valence-corrected chi connectivity index (χ3v) is 4.94. The van der Waals surface area contributed by atoms with Gasteiger partial charge in [0.25, 0.3) is 5.91 Å². The molecule has 1 saturated heterocycles. The zero-order valence-corrected chi connectivity index (χ0v) is 15.3. The van der Waals surface area contributed by atoms with Gasteiger partial charge in [0, 0.05) is 18.2 Å². The van der Waals surface area contributed by atoms with Crippen molar-refractivity contribution in [2.75, 3.05) is 13.7 Å². The van der Waals surface area contributed by atoms with Crippen LogP contribution in [-0.2, 0) is 17.6 Å². The van der Waals surface area contributed by atoms with Crippen molar-refractivity contribution >= 4 is 11.9 Å². The van der Waals surface area contributed by atoms with Gasteiger partial charge in [-0.2, -0.15) is 0 Å². The quantitative estimate of drug-likeness (QED) is 0.815. The molecule has 1 heterocycles. The zero-order valence-electron chi connectivity index (χ0n) is 15.3. The van der Waals surface area contributed by atoms with Crippen molar-refractivity contribution in [1.82, 2.24) is 4.90 Å². The van der Waals surface area contributed by atoms with Crippen LogP contribution < -0.4 is 10.5 Å². The molecule has 3 rings (SSSR count). The molecule has 0 radical (unpaired) electrons. The molecular formula is C21H24N2O4. The molecule has 2 aromatic carbocycles. The molecule has 0 saturated carbocycles. The van der Waals surface area contributed by atoms with E-state index in [9.17, 15) is 14.7 Å². The predicted octanol–water partition coefficient (Wildman–Crippen LogP) is 2.11. The minimum Gasteiger partial charge on any atom is -0.497 e. The highest BCUT2D eigenvalue weighted by Gasteiger charge is 2.38. The van der Waals surface area contributed by atoms with Gasteiger partial charge in [0.2, 0.25) is 0 Å². The van der Waals surface area contributed by atoms with Crippen LogP contribution in [0.4, 0.5) is 0 Å². The lowest BCUT2D eigenvalue weighted by Gasteiger charge is -2.22. The smallest absolute Gasteiger partial charge is 0.326 e. The zero-order chi connectivity index (χ0) is 19.4. The third-order valence-electron chi connectivity index (χ3n) is 4.94. The summed E-state index contributed by atoms with van der Waals surface area (Å²) in [5, 5.41) is 9.41. The number of nitrogens with two attached hydrogens (primary N) is 1. The Morgan fingerprint density at radius 1 is 1.19 bits per heavy atom. The van der Waals surface area contributed by atoms with Crippen LogP contribution >= 0.6 is 0 Å². The second kappa shape index (κ2) is 8.22. The molecule has 0 aliphatic carbocycles. The molecule has 2 aromatic rings. The molecule has 27 heavy (non-hydrogen) atoms. The van der Waals surface area contributed by atoms with E-state index in [2.05, 4.69) is 0 Å². The summed E-state index contributed by atoms with van der Waals surface area (Å²) in [6.45, 7) is 0.264. The Morgan fingerprint density at radius 3 is 2.70 bits per heavy atom. The summed E-state index contributed by atoms with van der Waals surface area (Å²) in [5.74, 6) is -0.478. The number of likely N-dealkylation sites (tertiary alicyclic amines) is 1. The molecule has 142 valence electrons. The highest BCUT2D eigenvalue weighted by atomic mass is 16.5. The number of rotatable bonds is 6. The number of aliphatic carboxylic acids is 1. The lowest BCUT2D eigenvalue weighted by molar-refractivity contribution is -0.141. The minimum absolute atomic E-state index is 0.264. The van der Waals surface area contributed by atoms with E-state index in [1.165, 1.54) is 4.90 Å². The molecule has 1 aliphatic rings. The second-order valence-electron chi connectivity index (χ2n) is 6.82. The standard InChI is InChI=1S/C21H24N2O4/c1-27-17-7-4-5-14(11-17)9-10-15-6-2-3-8-18(15)20(24)23-13-16(22)12-19(23)21(25)26/h2-8,11,16,19H,9-10,12-13,22H2,1H3,(H,25,26)/t16-,19-/m0/s1. The third kappa shape index (κ3) is 4.28. The maximum Gasteiger partial charge on any atom is 0.326 e. The van der Waals surface area contributed by atoms with E-state index in [0.29, 0.717) is 12.0 Å². The number of nitrogens with zero attached hydrogens (tertiary/aromatic N) is 1. The Labute approximate surface area is 158 Å². The summed E-state index contributed by atoms with van der Waals surface area (Å²) in [4.78, 5) is 25.9. The number of carboxylic acid groups (broad SMARTS) is 1.